The molecular formula is C14H18N2O3. The summed E-state index contributed by atoms with van der Waals surface area (Å²) in [6, 6.07) is 5.66. The van der Waals surface area contributed by atoms with E-state index < -0.39 is 5.76 Å². The van der Waals surface area contributed by atoms with E-state index >= 15 is 0 Å². The average Bonchev–Trinajstić information content (AvgIpc) is 2.72. The van der Waals surface area contributed by atoms with Gasteiger partial charge in [-0.2, -0.15) is 0 Å². The Morgan fingerprint density at radius 3 is 2.89 bits per heavy atom. The summed E-state index contributed by atoms with van der Waals surface area (Å²) in [6.45, 7) is 1.06. The molecule has 0 unspecified atom stereocenters. The molecule has 1 fully saturated rings. The summed E-state index contributed by atoms with van der Waals surface area (Å²) in [5, 5.41) is 9.52. The van der Waals surface area contributed by atoms with E-state index in [4.69, 9.17) is 4.42 Å². The Balaban J connectivity index is 1.84. The van der Waals surface area contributed by atoms with Gasteiger partial charge >= 0.3 is 5.76 Å². The SMILES string of the molecule is CN(CC1(CO)CCC1)c1ccc2[nH]c(=O)oc2c1. The Morgan fingerprint density at radius 1 is 1.47 bits per heavy atom. The molecule has 3 rings (SSSR count). The van der Waals surface area contributed by atoms with Crippen LogP contribution in [0.1, 0.15) is 19.3 Å². The van der Waals surface area contributed by atoms with Crippen LogP contribution in [0.5, 0.6) is 0 Å². The van der Waals surface area contributed by atoms with E-state index in [1.54, 1.807) is 0 Å². The second-order valence-electron chi connectivity index (χ2n) is 5.56. The first-order valence-corrected chi connectivity index (χ1v) is 6.57. The summed E-state index contributed by atoms with van der Waals surface area (Å²) < 4.78 is 5.07. The van der Waals surface area contributed by atoms with Crippen molar-refractivity contribution in [3.63, 3.8) is 0 Å². The van der Waals surface area contributed by atoms with Crippen molar-refractivity contribution in [1.82, 2.24) is 4.98 Å². The Morgan fingerprint density at radius 2 is 2.26 bits per heavy atom. The molecule has 0 saturated heterocycles. The second kappa shape index (κ2) is 4.42. The van der Waals surface area contributed by atoms with Crippen LogP contribution in [0.3, 0.4) is 0 Å². The zero-order valence-corrected chi connectivity index (χ0v) is 11.0. The molecule has 0 amide bonds. The lowest BCUT2D eigenvalue weighted by Gasteiger charge is -2.43. The summed E-state index contributed by atoms with van der Waals surface area (Å²) in [5.41, 5.74) is 2.32. The number of oxazole rings is 1. The number of rotatable bonds is 4. The Hall–Kier alpha value is -1.75. The van der Waals surface area contributed by atoms with Crippen LogP contribution < -0.4 is 10.7 Å². The quantitative estimate of drug-likeness (QED) is 0.880. The number of aromatic nitrogens is 1. The number of H-pyrrole nitrogens is 1. The minimum atomic E-state index is -0.430. The first-order chi connectivity index (χ1) is 9.12. The molecule has 1 aliphatic rings. The summed E-state index contributed by atoms with van der Waals surface area (Å²) in [7, 11) is 2.00. The molecule has 0 aliphatic heterocycles. The number of nitrogens with one attached hydrogen (secondary N) is 1. The first kappa shape index (κ1) is 12.3. The highest BCUT2D eigenvalue weighted by Gasteiger charge is 2.37. The van der Waals surface area contributed by atoms with Crippen LogP contribution in [0.15, 0.2) is 27.4 Å². The molecular weight excluding hydrogens is 244 g/mol. The summed E-state index contributed by atoms with van der Waals surface area (Å²) in [4.78, 5) is 15.9. The standard InChI is InChI=1S/C14H18N2O3/c1-16(8-14(9-17)5-2-6-14)10-3-4-11-12(7-10)19-13(18)15-11/h3-4,7,17H,2,5-6,8-9H2,1H3,(H,15,18). The lowest BCUT2D eigenvalue weighted by atomic mass is 9.69. The van der Waals surface area contributed by atoms with Crippen LogP contribution in [0, 0.1) is 5.41 Å². The first-order valence-electron chi connectivity index (χ1n) is 6.57. The Labute approximate surface area is 110 Å². The van der Waals surface area contributed by atoms with Crippen LogP contribution in [0.25, 0.3) is 11.1 Å². The van der Waals surface area contributed by atoms with E-state index in [1.165, 1.54) is 6.42 Å². The fourth-order valence-electron chi connectivity index (χ4n) is 2.81. The number of fused-ring (bicyclic) bond motifs is 1. The van der Waals surface area contributed by atoms with Gasteiger partial charge in [-0.1, -0.05) is 6.42 Å². The van der Waals surface area contributed by atoms with Gasteiger partial charge < -0.3 is 14.4 Å². The number of aromatic amines is 1. The molecule has 19 heavy (non-hydrogen) atoms. The molecule has 5 nitrogen and oxygen atoms in total. The molecule has 102 valence electrons. The lowest BCUT2D eigenvalue weighted by molar-refractivity contribution is 0.0524. The Kier molecular flexibility index (Phi) is 2.86. The van der Waals surface area contributed by atoms with Crippen molar-refractivity contribution in [2.45, 2.75) is 19.3 Å². The largest absolute Gasteiger partial charge is 0.417 e. The molecule has 1 aromatic carbocycles. The van der Waals surface area contributed by atoms with E-state index in [0.717, 1.165) is 25.1 Å². The van der Waals surface area contributed by atoms with Gasteiger partial charge in [-0.3, -0.25) is 4.98 Å². The smallest absolute Gasteiger partial charge is 0.408 e. The molecule has 5 heteroatoms. The van der Waals surface area contributed by atoms with E-state index in [1.807, 2.05) is 25.2 Å². The zero-order valence-electron chi connectivity index (χ0n) is 11.0. The molecule has 0 radical (unpaired) electrons. The Bertz CT molecular complexity index is 634. The van der Waals surface area contributed by atoms with E-state index in [9.17, 15) is 9.90 Å². The minimum absolute atomic E-state index is 0.0443. The molecule has 1 saturated carbocycles. The van der Waals surface area contributed by atoms with E-state index in [2.05, 4.69) is 9.88 Å². The van der Waals surface area contributed by atoms with Gasteiger partial charge in [-0.25, -0.2) is 4.79 Å². The third-order valence-corrected chi connectivity index (χ3v) is 4.17. The average molecular weight is 262 g/mol. The fourth-order valence-corrected chi connectivity index (χ4v) is 2.81. The third kappa shape index (κ3) is 2.14. The number of nitrogens with zero attached hydrogens (tertiary/aromatic N) is 1. The van der Waals surface area contributed by atoms with Gasteiger partial charge in [-0.05, 0) is 25.0 Å². The van der Waals surface area contributed by atoms with Crippen molar-refractivity contribution < 1.29 is 9.52 Å². The van der Waals surface area contributed by atoms with Gasteiger partial charge in [0.2, 0.25) is 0 Å². The summed E-state index contributed by atoms with van der Waals surface area (Å²) >= 11 is 0. The van der Waals surface area contributed by atoms with Gasteiger partial charge in [0.05, 0.1) is 12.1 Å². The maximum atomic E-state index is 11.1. The molecule has 2 N–H and O–H groups in total. The van der Waals surface area contributed by atoms with E-state index in [0.29, 0.717) is 11.1 Å². The maximum absolute atomic E-state index is 11.1. The van der Waals surface area contributed by atoms with Crippen LogP contribution in [0.4, 0.5) is 5.69 Å². The molecule has 0 bridgehead atoms. The van der Waals surface area contributed by atoms with Gasteiger partial charge in [-0.15, -0.1) is 0 Å². The van der Waals surface area contributed by atoms with Crippen molar-refractivity contribution in [2.24, 2.45) is 5.41 Å². The maximum Gasteiger partial charge on any atom is 0.417 e. The topological polar surface area (TPSA) is 69.5 Å². The lowest BCUT2D eigenvalue weighted by Crippen LogP contribution is -2.43. The molecule has 1 heterocycles. The van der Waals surface area contributed by atoms with Crippen molar-refractivity contribution in [2.75, 3.05) is 25.1 Å². The highest BCUT2D eigenvalue weighted by Crippen LogP contribution is 2.41. The van der Waals surface area contributed by atoms with Gasteiger partial charge in [0, 0.05) is 30.8 Å². The summed E-state index contributed by atoms with van der Waals surface area (Å²) in [5.74, 6) is -0.430. The van der Waals surface area contributed by atoms with Crippen molar-refractivity contribution in [1.29, 1.82) is 0 Å². The van der Waals surface area contributed by atoms with Gasteiger partial charge in [0.25, 0.3) is 0 Å². The number of aliphatic hydroxyl groups is 1. The monoisotopic (exact) mass is 262 g/mol. The highest BCUT2D eigenvalue weighted by atomic mass is 16.4. The zero-order chi connectivity index (χ0) is 13.5. The van der Waals surface area contributed by atoms with Crippen molar-refractivity contribution in [3.05, 3.63) is 28.7 Å². The highest BCUT2D eigenvalue weighted by molar-refractivity contribution is 5.77. The van der Waals surface area contributed by atoms with Crippen LogP contribution >= 0.6 is 0 Å². The van der Waals surface area contributed by atoms with E-state index in [-0.39, 0.29) is 12.0 Å². The predicted octanol–water partition coefficient (Wildman–Crippen LogP) is 1.72. The molecule has 2 aromatic rings. The molecule has 1 aliphatic carbocycles. The number of benzene rings is 1. The van der Waals surface area contributed by atoms with Crippen molar-refractivity contribution >= 4 is 16.8 Å². The van der Waals surface area contributed by atoms with Crippen molar-refractivity contribution in [3.8, 4) is 0 Å². The molecule has 0 spiro atoms. The molecule has 1 aromatic heterocycles. The summed E-state index contributed by atoms with van der Waals surface area (Å²) in [6.07, 6.45) is 3.35. The minimum Gasteiger partial charge on any atom is -0.408 e. The number of anilines is 1. The predicted molar refractivity (Wildman–Crippen MR) is 73.5 cm³/mol. The third-order valence-electron chi connectivity index (χ3n) is 4.17. The van der Waals surface area contributed by atoms with Crippen LogP contribution in [-0.4, -0.2) is 30.3 Å². The fraction of sp³-hybridized carbons (Fsp3) is 0.500. The molecule has 0 atom stereocenters. The van der Waals surface area contributed by atoms with Crippen LogP contribution in [-0.2, 0) is 0 Å². The van der Waals surface area contributed by atoms with Gasteiger partial charge in [0.1, 0.15) is 0 Å². The van der Waals surface area contributed by atoms with Gasteiger partial charge in [0.15, 0.2) is 5.58 Å². The second-order valence-corrected chi connectivity index (χ2v) is 5.56. The number of hydrogen-bond donors (Lipinski definition) is 2. The normalized spacial score (nSPS) is 17.4. The van der Waals surface area contributed by atoms with Crippen LogP contribution in [0.2, 0.25) is 0 Å². The number of aliphatic hydroxyl groups excluding tert-OH is 1. The number of hydrogen-bond acceptors (Lipinski definition) is 4.